The molecule has 0 atom stereocenters. The van der Waals surface area contributed by atoms with Crippen molar-refractivity contribution in [1.82, 2.24) is 0 Å². The molecule has 0 aromatic heterocycles. The molecule has 0 saturated heterocycles. The van der Waals surface area contributed by atoms with Gasteiger partial charge in [0, 0.05) is 9.89 Å². The van der Waals surface area contributed by atoms with Crippen LogP contribution in [0, 0.1) is 0 Å². The molecule has 0 N–H and O–H groups in total. The molecule has 3 rings (SSSR count). The number of benzene rings is 1. The Morgan fingerprint density at radius 1 is 1.19 bits per heavy atom. The zero-order valence-electron chi connectivity index (χ0n) is 10.2. The van der Waals surface area contributed by atoms with Crippen LogP contribution in [0.3, 0.4) is 0 Å². The highest BCUT2D eigenvalue weighted by molar-refractivity contribution is 9.10. The highest BCUT2D eigenvalue weighted by atomic mass is 79.9. The number of halogens is 1. The zero-order chi connectivity index (χ0) is 11.5. The van der Waals surface area contributed by atoms with Crippen molar-refractivity contribution in [3.8, 4) is 0 Å². The normalized spacial score (nSPS) is 21.2. The Balaban J connectivity index is 2.41. The van der Waals surface area contributed by atoms with E-state index in [9.17, 15) is 0 Å². The van der Waals surface area contributed by atoms with Crippen LogP contribution < -0.4 is 0 Å². The van der Waals surface area contributed by atoms with E-state index in [0.29, 0.717) is 0 Å². The van der Waals surface area contributed by atoms with Gasteiger partial charge in [-0.15, -0.1) is 0 Å². The molecule has 0 spiro atoms. The van der Waals surface area contributed by atoms with Crippen LogP contribution in [0.25, 0.3) is 5.57 Å². The topological polar surface area (TPSA) is 0 Å². The number of aryl methyl sites for hydroxylation is 1. The first kappa shape index (κ1) is 10.6. The lowest BCUT2D eigenvalue weighted by Gasteiger charge is -2.24. The largest absolute Gasteiger partial charge is 0.0594 e. The van der Waals surface area contributed by atoms with Gasteiger partial charge in [0.25, 0.3) is 0 Å². The summed E-state index contributed by atoms with van der Waals surface area (Å²) in [5.74, 6) is 0. The van der Waals surface area contributed by atoms with Crippen molar-refractivity contribution in [2.45, 2.75) is 45.4 Å². The van der Waals surface area contributed by atoms with Gasteiger partial charge in [-0.1, -0.05) is 41.4 Å². The van der Waals surface area contributed by atoms with Crippen LogP contribution in [0.4, 0.5) is 0 Å². The van der Waals surface area contributed by atoms with Gasteiger partial charge in [-0.2, -0.15) is 0 Å². The van der Waals surface area contributed by atoms with Crippen molar-refractivity contribution in [3.05, 3.63) is 38.9 Å². The summed E-state index contributed by atoms with van der Waals surface area (Å²) in [6, 6.07) is 4.54. The molecular formula is C15H17Br. The quantitative estimate of drug-likeness (QED) is 0.636. The van der Waals surface area contributed by atoms with Gasteiger partial charge in [0.2, 0.25) is 0 Å². The van der Waals surface area contributed by atoms with Crippen LogP contribution in [0.5, 0.6) is 0 Å². The zero-order valence-corrected chi connectivity index (χ0v) is 11.7. The average Bonchev–Trinajstić information content (AvgIpc) is 2.46. The van der Waals surface area contributed by atoms with E-state index in [0.717, 1.165) is 0 Å². The molecule has 0 nitrogen and oxygen atoms in total. The summed E-state index contributed by atoms with van der Waals surface area (Å²) >= 11 is 3.74. The molecule has 16 heavy (non-hydrogen) atoms. The molecule has 0 heterocycles. The van der Waals surface area contributed by atoms with Gasteiger partial charge < -0.3 is 0 Å². The molecule has 2 aliphatic carbocycles. The van der Waals surface area contributed by atoms with Crippen LogP contribution >= 0.6 is 15.9 Å². The second-order valence-corrected chi connectivity index (χ2v) is 6.39. The van der Waals surface area contributed by atoms with Crippen molar-refractivity contribution in [2.24, 2.45) is 0 Å². The number of hydrogen-bond acceptors (Lipinski definition) is 0. The maximum atomic E-state index is 3.74. The molecule has 0 radical (unpaired) electrons. The van der Waals surface area contributed by atoms with Crippen LogP contribution in [0.2, 0.25) is 0 Å². The Morgan fingerprint density at radius 2 is 1.94 bits per heavy atom. The van der Waals surface area contributed by atoms with E-state index < -0.39 is 0 Å². The standard InChI is InChI=1S/C15H17Br/c1-9-11-6-4-5-10-7-8-12(16)14(13(10)11)15(9,2)3/h7-8H,4-6H2,1-3H3. The molecule has 0 fully saturated rings. The SMILES string of the molecule is CC1=C2CCCc3ccc(Br)c(c32)C1(C)C. The van der Waals surface area contributed by atoms with E-state index in [4.69, 9.17) is 0 Å². The molecule has 0 unspecified atom stereocenters. The van der Waals surface area contributed by atoms with Crippen LogP contribution in [0.1, 0.15) is 50.3 Å². The first-order chi connectivity index (χ1) is 7.53. The second kappa shape index (κ2) is 3.22. The summed E-state index contributed by atoms with van der Waals surface area (Å²) in [6.45, 7) is 7.03. The third kappa shape index (κ3) is 1.15. The van der Waals surface area contributed by atoms with Gasteiger partial charge in [-0.05, 0) is 54.5 Å². The number of rotatable bonds is 0. The fraction of sp³-hybridized carbons (Fsp3) is 0.467. The van der Waals surface area contributed by atoms with Crippen molar-refractivity contribution in [1.29, 1.82) is 0 Å². The highest BCUT2D eigenvalue weighted by Crippen LogP contribution is 2.53. The van der Waals surface area contributed by atoms with Crippen LogP contribution in [-0.4, -0.2) is 0 Å². The lowest BCUT2D eigenvalue weighted by molar-refractivity contribution is 0.635. The smallest absolute Gasteiger partial charge is 0.0222 e. The minimum atomic E-state index is 0.212. The first-order valence-corrected chi connectivity index (χ1v) is 6.85. The third-order valence-corrected chi connectivity index (χ3v) is 5.09. The number of hydrogen-bond donors (Lipinski definition) is 0. The van der Waals surface area contributed by atoms with Crippen LogP contribution in [0.15, 0.2) is 22.2 Å². The summed E-state index contributed by atoms with van der Waals surface area (Å²) in [4.78, 5) is 0. The van der Waals surface area contributed by atoms with Gasteiger partial charge in [-0.25, -0.2) is 0 Å². The second-order valence-electron chi connectivity index (χ2n) is 5.54. The maximum absolute atomic E-state index is 3.74. The van der Waals surface area contributed by atoms with Crippen molar-refractivity contribution >= 4 is 21.5 Å². The lowest BCUT2D eigenvalue weighted by atomic mass is 9.81. The van der Waals surface area contributed by atoms with Crippen molar-refractivity contribution < 1.29 is 0 Å². The molecule has 0 amide bonds. The average molecular weight is 277 g/mol. The summed E-state index contributed by atoms with van der Waals surface area (Å²) in [5, 5.41) is 0. The predicted molar refractivity (Wildman–Crippen MR) is 72.7 cm³/mol. The van der Waals surface area contributed by atoms with E-state index >= 15 is 0 Å². The summed E-state index contributed by atoms with van der Waals surface area (Å²) in [6.07, 6.45) is 3.84. The van der Waals surface area contributed by atoms with Crippen LogP contribution in [-0.2, 0) is 11.8 Å². The highest BCUT2D eigenvalue weighted by Gasteiger charge is 2.38. The first-order valence-electron chi connectivity index (χ1n) is 6.06. The van der Waals surface area contributed by atoms with E-state index in [1.54, 1.807) is 22.3 Å². The number of allylic oxidation sites excluding steroid dienone is 2. The molecule has 1 aromatic carbocycles. The fourth-order valence-corrected chi connectivity index (χ4v) is 4.13. The van der Waals surface area contributed by atoms with Gasteiger partial charge in [0.05, 0.1) is 0 Å². The lowest BCUT2D eigenvalue weighted by Crippen LogP contribution is -2.16. The molecule has 2 aliphatic rings. The Morgan fingerprint density at radius 3 is 2.69 bits per heavy atom. The minimum Gasteiger partial charge on any atom is -0.0594 e. The summed E-state index contributed by atoms with van der Waals surface area (Å²) < 4.78 is 1.28. The molecule has 0 saturated carbocycles. The van der Waals surface area contributed by atoms with Gasteiger partial charge in [0.15, 0.2) is 0 Å². The van der Waals surface area contributed by atoms with E-state index in [2.05, 4.69) is 48.8 Å². The van der Waals surface area contributed by atoms with E-state index in [1.807, 2.05) is 0 Å². The summed E-state index contributed by atoms with van der Waals surface area (Å²) in [5.41, 5.74) is 8.08. The third-order valence-electron chi connectivity index (χ3n) is 4.43. The molecule has 1 aromatic rings. The van der Waals surface area contributed by atoms with E-state index in [1.165, 1.54) is 29.3 Å². The molecule has 84 valence electrons. The monoisotopic (exact) mass is 276 g/mol. The molecule has 1 heteroatoms. The fourth-order valence-electron chi connectivity index (χ4n) is 3.30. The minimum absolute atomic E-state index is 0.212. The van der Waals surface area contributed by atoms with Gasteiger partial charge >= 0.3 is 0 Å². The Bertz CT molecular complexity index is 506. The Hall–Kier alpha value is -0.560. The summed E-state index contributed by atoms with van der Waals surface area (Å²) in [7, 11) is 0. The molecule has 0 bridgehead atoms. The molecule has 0 aliphatic heterocycles. The Labute approximate surface area is 106 Å². The van der Waals surface area contributed by atoms with E-state index in [-0.39, 0.29) is 5.41 Å². The Kier molecular flexibility index (Phi) is 2.13. The molecular weight excluding hydrogens is 260 g/mol. The maximum Gasteiger partial charge on any atom is 0.0222 e. The predicted octanol–water partition coefficient (Wildman–Crippen LogP) is 4.85. The van der Waals surface area contributed by atoms with Gasteiger partial charge in [0.1, 0.15) is 0 Å². The van der Waals surface area contributed by atoms with Crippen molar-refractivity contribution in [2.75, 3.05) is 0 Å². The van der Waals surface area contributed by atoms with Gasteiger partial charge in [-0.3, -0.25) is 0 Å². The van der Waals surface area contributed by atoms with Crippen molar-refractivity contribution in [3.63, 3.8) is 0 Å².